The van der Waals surface area contributed by atoms with Gasteiger partial charge in [-0.25, -0.2) is 9.78 Å². The van der Waals surface area contributed by atoms with E-state index >= 15 is 0 Å². The van der Waals surface area contributed by atoms with Crippen LogP contribution in [0.1, 0.15) is 5.89 Å². The van der Waals surface area contributed by atoms with Crippen LogP contribution in [-0.2, 0) is 10.1 Å². The molecule has 8 nitrogen and oxygen atoms in total. The minimum absolute atomic E-state index is 0.0919. The predicted molar refractivity (Wildman–Crippen MR) is 83.4 cm³/mol. The maximum atomic E-state index is 12.4. The van der Waals surface area contributed by atoms with E-state index in [-0.39, 0.29) is 16.2 Å². The Labute approximate surface area is 134 Å². The second kappa shape index (κ2) is 4.96. The monoisotopic (exact) mass is 346 g/mol. The number of oxazole rings is 2. The third-order valence-electron chi connectivity index (χ3n) is 3.35. The molecule has 4 aromatic rings. The van der Waals surface area contributed by atoms with Crippen LogP contribution in [0.5, 0.6) is 5.75 Å². The number of aryl methyl sites for hydroxylation is 1. The number of nitrogens with one attached hydrogen (secondary N) is 1. The summed E-state index contributed by atoms with van der Waals surface area (Å²) in [7, 11) is -4.10. The van der Waals surface area contributed by atoms with Crippen LogP contribution in [0.2, 0.25) is 0 Å². The van der Waals surface area contributed by atoms with Crippen molar-refractivity contribution in [2.24, 2.45) is 0 Å². The summed E-state index contributed by atoms with van der Waals surface area (Å²) in [5.41, 5.74) is 1.56. The highest BCUT2D eigenvalue weighted by Crippen LogP contribution is 2.25. The highest BCUT2D eigenvalue weighted by molar-refractivity contribution is 7.87. The topological polar surface area (TPSA) is 115 Å². The van der Waals surface area contributed by atoms with E-state index in [9.17, 15) is 13.2 Å². The first kappa shape index (κ1) is 14.5. The molecule has 1 N–H and O–H groups in total. The Morgan fingerprint density at radius 2 is 1.92 bits per heavy atom. The maximum absolute atomic E-state index is 12.4. The van der Waals surface area contributed by atoms with Crippen LogP contribution in [0.4, 0.5) is 0 Å². The van der Waals surface area contributed by atoms with E-state index in [4.69, 9.17) is 13.0 Å². The van der Waals surface area contributed by atoms with Crippen molar-refractivity contribution in [3.05, 3.63) is 52.8 Å². The smallest absolute Gasteiger partial charge is 0.417 e. The second-order valence-electron chi connectivity index (χ2n) is 5.07. The van der Waals surface area contributed by atoms with Crippen LogP contribution >= 0.6 is 0 Å². The maximum Gasteiger partial charge on any atom is 0.417 e. The lowest BCUT2D eigenvalue weighted by Crippen LogP contribution is -2.09. The van der Waals surface area contributed by atoms with Crippen LogP contribution in [0, 0.1) is 6.92 Å². The molecule has 4 rings (SSSR count). The predicted octanol–water partition coefficient (Wildman–Crippen LogP) is 2.34. The summed E-state index contributed by atoms with van der Waals surface area (Å²) in [6, 6.07) is 8.50. The van der Waals surface area contributed by atoms with Crippen LogP contribution in [-0.4, -0.2) is 18.4 Å². The lowest BCUT2D eigenvalue weighted by atomic mass is 10.3. The zero-order valence-corrected chi connectivity index (χ0v) is 13.1. The van der Waals surface area contributed by atoms with E-state index in [2.05, 4.69) is 9.97 Å². The van der Waals surface area contributed by atoms with Crippen molar-refractivity contribution in [1.29, 1.82) is 0 Å². The Morgan fingerprint density at radius 3 is 2.75 bits per heavy atom. The fourth-order valence-electron chi connectivity index (χ4n) is 2.33. The van der Waals surface area contributed by atoms with Crippen molar-refractivity contribution >= 4 is 32.3 Å². The van der Waals surface area contributed by atoms with Gasteiger partial charge in [0.15, 0.2) is 17.1 Å². The van der Waals surface area contributed by atoms with Gasteiger partial charge < -0.3 is 13.0 Å². The van der Waals surface area contributed by atoms with E-state index in [1.54, 1.807) is 13.0 Å². The second-order valence-corrected chi connectivity index (χ2v) is 6.62. The Kier molecular flexibility index (Phi) is 3.00. The first-order chi connectivity index (χ1) is 11.4. The number of H-pyrrole nitrogens is 1. The molecule has 0 atom stereocenters. The highest BCUT2D eigenvalue weighted by Gasteiger charge is 2.19. The standard InChI is InChI=1S/C15H10N2O6S/c1-8-16-11-4-2-9(6-13(11)21-8)23-24(19,20)10-3-5-12-14(7-10)22-15(18)17-12/h2-7H,1H3,(H,17,18). The molecule has 2 heterocycles. The molecule has 24 heavy (non-hydrogen) atoms. The Hall–Kier alpha value is -3.07. The molecule has 0 spiro atoms. The minimum Gasteiger partial charge on any atom is -0.441 e. The number of aromatic nitrogens is 2. The summed E-state index contributed by atoms with van der Waals surface area (Å²) < 4.78 is 40.1. The van der Waals surface area contributed by atoms with Gasteiger partial charge in [-0.05, 0) is 24.3 Å². The van der Waals surface area contributed by atoms with Gasteiger partial charge in [0.1, 0.15) is 16.2 Å². The zero-order chi connectivity index (χ0) is 16.9. The number of benzene rings is 2. The van der Waals surface area contributed by atoms with Crippen molar-refractivity contribution in [2.45, 2.75) is 11.8 Å². The fraction of sp³-hybridized carbons (Fsp3) is 0.0667. The quantitative estimate of drug-likeness (QED) is 0.566. The summed E-state index contributed by atoms with van der Waals surface area (Å²) >= 11 is 0. The van der Waals surface area contributed by atoms with Crippen LogP contribution in [0.25, 0.3) is 22.2 Å². The SMILES string of the molecule is Cc1nc2ccc(OS(=O)(=O)c3ccc4[nH]c(=O)oc4c3)cc2o1. The first-order valence-corrected chi connectivity index (χ1v) is 8.26. The molecule has 122 valence electrons. The third-order valence-corrected chi connectivity index (χ3v) is 4.60. The van der Waals surface area contributed by atoms with Gasteiger partial charge in [0, 0.05) is 19.1 Å². The summed E-state index contributed by atoms with van der Waals surface area (Å²) in [5, 5.41) is 0. The Bertz CT molecular complexity index is 1230. The van der Waals surface area contributed by atoms with E-state index < -0.39 is 15.9 Å². The number of rotatable bonds is 3. The van der Waals surface area contributed by atoms with Crippen LogP contribution < -0.4 is 9.94 Å². The first-order valence-electron chi connectivity index (χ1n) is 6.85. The van der Waals surface area contributed by atoms with Crippen molar-refractivity contribution < 1.29 is 21.4 Å². The zero-order valence-electron chi connectivity index (χ0n) is 12.3. The molecule has 2 aromatic carbocycles. The van der Waals surface area contributed by atoms with Gasteiger partial charge >= 0.3 is 15.9 Å². The fourth-order valence-corrected chi connectivity index (χ4v) is 3.27. The van der Waals surface area contributed by atoms with Gasteiger partial charge in [-0.15, -0.1) is 0 Å². The van der Waals surface area contributed by atoms with E-state index in [1.165, 1.54) is 30.3 Å². The normalized spacial score (nSPS) is 12.0. The highest BCUT2D eigenvalue weighted by atomic mass is 32.2. The average molecular weight is 346 g/mol. The van der Waals surface area contributed by atoms with Gasteiger partial charge in [-0.2, -0.15) is 8.42 Å². The molecule has 0 unspecified atom stereocenters. The Morgan fingerprint density at radius 1 is 1.08 bits per heavy atom. The van der Waals surface area contributed by atoms with Crippen LogP contribution in [0.15, 0.2) is 54.9 Å². The van der Waals surface area contributed by atoms with Crippen molar-refractivity contribution in [1.82, 2.24) is 9.97 Å². The summed E-state index contributed by atoms with van der Waals surface area (Å²) in [6.07, 6.45) is 0. The molecule has 0 aliphatic heterocycles. The number of fused-ring (bicyclic) bond motifs is 2. The van der Waals surface area contributed by atoms with Gasteiger partial charge in [-0.3, -0.25) is 4.98 Å². The lowest BCUT2D eigenvalue weighted by molar-refractivity contribution is 0.485. The van der Waals surface area contributed by atoms with Crippen molar-refractivity contribution in [2.75, 3.05) is 0 Å². The number of hydrogen-bond donors (Lipinski definition) is 1. The molecule has 2 aromatic heterocycles. The molecule has 0 fully saturated rings. The largest absolute Gasteiger partial charge is 0.441 e. The van der Waals surface area contributed by atoms with Gasteiger partial charge in [-0.1, -0.05) is 0 Å². The third kappa shape index (κ3) is 2.44. The molecule has 0 aliphatic carbocycles. The molecule has 9 heteroatoms. The molecular weight excluding hydrogens is 336 g/mol. The van der Waals surface area contributed by atoms with Crippen LogP contribution in [0.3, 0.4) is 0 Å². The van der Waals surface area contributed by atoms with Gasteiger partial charge in [0.2, 0.25) is 0 Å². The molecule has 0 saturated carbocycles. The van der Waals surface area contributed by atoms with Gasteiger partial charge in [0.05, 0.1) is 5.52 Å². The lowest BCUT2D eigenvalue weighted by Gasteiger charge is -2.06. The van der Waals surface area contributed by atoms with Gasteiger partial charge in [0.25, 0.3) is 0 Å². The molecular formula is C15H10N2O6S. The van der Waals surface area contributed by atoms with Crippen molar-refractivity contribution in [3.63, 3.8) is 0 Å². The summed E-state index contributed by atoms with van der Waals surface area (Å²) in [6.45, 7) is 1.69. The van der Waals surface area contributed by atoms with E-state index in [0.717, 1.165) is 0 Å². The molecule has 0 aliphatic rings. The van der Waals surface area contributed by atoms with E-state index in [0.29, 0.717) is 22.5 Å². The molecule has 0 amide bonds. The van der Waals surface area contributed by atoms with E-state index in [1.807, 2.05) is 0 Å². The minimum atomic E-state index is -4.10. The number of hydrogen-bond acceptors (Lipinski definition) is 7. The summed E-state index contributed by atoms with van der Waals surface area (Å²) in [4.78, 5) is 17.6. The number of nitrogens with zero attached hydrogens (tertiary/aromatic N) is 1. The molecule has 0 radical (unpaired) electrons. The van der Waals surface area contributed by atoms with Crippen molar-refractivity contribution in [3.8, 4) is 5.75 Å². The number of aromatic amines is 1. The summed E-state index contributed by atoms with van der Waals surface area (Å²) in [5.74, 6) is -0.0983. The molecule has 0 bridgehead atoms. The molecule has 0 saturated heterocycles. The Balaban J connectivity index is 1.73. The average Bonchev–Trinajstić information content (AvgIpc) is 3.05.